The Hall–Kier alpha value is -2.56. The van der Waals surface area contributed by atoms with Gasteiger partial charge in [-0.2, -0.15) is 0 Å². The van der Waals surface area contributed by atoms with E-state index in [0.717, 1.165) is 5.56 Å². The topological polar surface area (TPSA) is 41.9 Å². The van der Waals surface area contributed by atoms with Crippen LogP contribution in [-0.2, 0) is 6.54 Å². The largest absolute Gasteiger partial charge is 0.355 e. The van der Waals surface area contributed by atoms with Gasteiger partial charge >= 0.3 is 0 Å². The molecule has 3 rings (SSSR count). The lowest BCUT2D eigenvalue weighted by Crippen LogP contribution is -2.18. The summed E-state index contributed by atoms with van der Waals surface area (Å²) in [5, 5.41) is 0.446. The van der Waals surface area contributed by atoms with Gasteiger partial charge in [-0.05, 0) is 23.8 Å². The second kappa shape index (κ2) is 5.21. The molecule has 5 heteroatoms. The van der Waals surface area contributed by atoms with E-state index < -0.39 is 0 Å². The zero-order valence-corrected chi connectivity index (χ0v) is 11.0. The summed E-state index contributed by atoms with van der Waals surface area (Å²) in [5.74, 6) is 0.271. The van der Waals surface area contributed by atoms with Gasteiger partial charge in [0.15, 0.2) is 0 Å². The highest BCUT2D eigenvalue weighted by molar-refractivity contribution is 5.89. The van der Waals surface area contributed by atoms with Crippen molar-refractivity contribution in [2.75, 3.05) is 11.9 Å². The van der Waals surface area contributed by atoms with E-state index in [0.29, 0.717) is 23.3 Å². The molecule has 0 unspecified atom stereocenters. The van der Waals surface area contributed by atoms with Crippen LogP contribution >= 0.6 is 0 Å². The van der Waals surface area contributed by atoms with Crippen LogP contribution in [0.5, 0.6) is 0 Å². The van der Waals surface area contributed by atoms with Gasteiger partial charge < -0.3 is 4.90 Å². The van der Waals surface area contributed by atoms with Crippen molar-refractivity contribution in [2.45, 2.75) is 6.54 Å². The van der Waals surface area contributed by atoms with Crippen LogP contribution in [0.4, 0.5) is 10.2 Å². The van der Waals surface area contributed by atoms with Gasteiger partial charge in [0, 0.05) is 26.0 Å². The molecule has 3 aromatic rings. The summed E-state index contributed by atoms with van der Waals surface area (Å²) in [5.41, 5.74) is 1.64. The number of halogens is 1. The lowest BCUT2D eigenvalue weighted by molar-refractivity contribution is 0.638. The second-order valence-corrected chi connectivity index (χ2v) is 4.55. The molecule has 2 aromatic heterocycles. The number of hydrogen-bond acceptors (Lipinski definition) is 4. The second-order valence-electron chi connectivity index (χ2n) is 4.55. The van der Waals surface area contributed by atoms with Gasteiger partial charge in [0.2, 0.25) is 0 Å². The number of hydrogen-bond donors (Lipinski definition) is 0. The Bertz CT molecular complexity index is 725. The Morgan fingerprint density at radius 2 is 2.05 bits per heavy atom. The molecule has 4 nitrogen and oxygen atoms in total. The number of rotatable bonds is 3. The van der Waals surface area contributed by atoms with Gasteiger partial charge in [-0.15, -0.1) is 0 Å². The van der Waals surface area contributed by atoms with E-state index in [1.165, 1.54) is 12.4 Å². The van der Waals surface area contributed by atoms with Crippen molar-refractivity contribution < 1.29 is 4.39 Å². The van der Waals surface area contributed by atoms with Crippen LogP contribution in [0.1, 0.15) is 5.56 Å². The molecule has 0 N–H and O–H groups in total. The molecule has 0 bridgehead atoms. The molecule has 0 aliphatic carbocycles. The Morgan fingerprint density at radius 1 is 1.15 bits per heavy atom. The smallest absolute Gasteiger partial charge is 0.142 e. The van der Waals surface area contributed by atoms with Crippen molar-refractivity contribution in [1.82, 2.24) is 15.0 Å². The minimum Gasteiger partial charge on any atom is -0.355 e. The van der Waals surface area contributed by atoms with E-state index in [1.807, 2.05) is 24.1 Å². The van der Waals surface area contributed by atoms with Crippen LogP contribution in [0.15, 0.2) is 49.1 Å². The maximum absolute atomic E-state index is 14.0. The van der Waals surface area contributed by atoms with Crippen LogP contribution in [0.3, 0.4) is 0 Å². The molecule has 0 amide bonds. The fourth-order valence-corrected chi connectivity index (χ4v) is 2.18. The highest BCUT2D eigenvalue weighted by Gasteiger charge is 2.12. The van der Waals surface area contributed by atoms with Gasteiger partial charge in [-0.25, -0.2) is 14.4 Å². The lowest BCUT2D eigenvalue weighted by atomic mass is 10.2. The van der Waals surface area contributed by atoms with E-state index >= 15 is 0 Å². The first-order chi connectivity index (χ1) is 9.75. The molecule has 0 aliphatic rings. The molecule has 0 spiro atoms. The number of nitrogens with zero attached hydrogens (tertiary/aromatic N) is 4. The molecule has 1 aromatic carbocycles. The van der Waals surface area contributed by atoms with E-state index in [4.69, 9.17) is 0 Å². The summed E-state index contributed by atoms with van der Waals surface area (Å²) in [4.78, 5) is 14.3. The summed E-state index contributed by atoms with van der Waals surface area (Å²) >= 11 is 0. The Balaban J connectivity index is 2.01. The molecule has 0 radical (unpaired) electrons. The van der Waals surface area contributed by atoms with E-state index in [9.17, 15) is 4.39 Å². The van der Waals surface area contributed by atoms with Crippen molar-refractivity contribution in [3.63, 3.8) is 0 Å². The van der Waals surface area contributed by atoms with E-state index in [1.54, 1.807) is 24.5 Å². The van der Waals surface area contributed by atoms with Crippen molar-refractivity contribution in [3.8, 4) is 0 Å². The van der Waals surface area contributed by atoms with Crippen molar-refractivity contribution in [1.29, 1.82) is 0 Å². The quantitative estimate of drug-likeness (QED) is 0.732. The van der Waals surface area contributed by atoms with Gasteiger partial charge in [-0.3, -0.25) is 4.98 Å². The number of fused-ring (bicyclic) bond motifs is 1. The number of benzene rings is 1. The predicted molar refractivity (Wildman–Crippen MR) is 75.8 cm³/mol. The first-order valence-electron chi connectivity index (χ1n) is 6.25. The van der Waals surface area contributed by atoms with Crippen molar-refractivity contribution in [3.05, 3.63) is 60.4 Å². The Labute approximate surface area is 115 Å². The molecule has 0 fully saturated rings. The predicted octanol–water partition coefficient (Wildman–Crippen LogP) is 2.80. The molecule has 0 saturated carbocycles. The number of pyridine rings is 1. The van der Waals surface area contributed by atoms with Crippen LogP contribution in [0.2, 0.25) is 0 Å². The monoisotopic (exact) mass is 268 g/mol. The molecule has 0 aliphatic heterocycles. The Morgan fingerprint density at radius 3 is 2.85 bits per heavy atom. The summed E-state index contributed by atoms with van der Waals surface area (Å²) in [6, 6.07) is 8.70. The van der Waals surface area contributed by atoms with E-state index in [-0.39, 0.29) is 5.82 Å². The minimum absolute atomic E-state index is 0.309. The zero-order valence-electron chi connectivity index (χ0n) is 11.0. The van der Waals surface area contributed by atoms with E-state index in [2.05, 4.69) is 15.0 Å². The number of aromatic nitrogens is 3. The summed E-state index contributed by atoms with van der Waals surface area (Å²) in [6.07, 6.45) is 4.97. The molecule has 20 heavy (non-hydrogen) atoms. The van der Waals surface area contributed by atoms with Crippen molar-refractivity contribution >= 4 is 16.7 Å². The molecule has 0 atom stereocenters. The number of anilines is 1. The fraction of sp³-hybridized carbons (Fsp3) is 0.133. The fourth-order valence-electron chi connectivity index (χ4n) is 2.18. The van der Waals surface area contributed by atoms with Crippen molar-refractivity contribution in [2.24, 2.45) is 0 Å². The third kappa shape index (κ3) is 2.30. The third-order valence-electron chi connectivity index (χ3n) is 3.10. The summed E-state index contributed by atoms with van der Waals surface area (Å²) in [6.45, 7) is 0.605. The average molecular weight is 268 g/mol. The van der Waals surface area contributed by atoms with Gasteiger partial charge in [-0.1, -0.05) is 12.1 Å². The molecular formula is C15H13FN4. The standard InChI is InChI=1S/C15H13FN4/c1-20(9-11-4-3-7-17-8-11)15-14-12(16)5-2-6-13(14)18-10-19-15/h2-8,10H,9H2,1H3. The van der Waals surface area contributed by atoms with Crippen LogP contribution < -0.4 is 4.90 Å². The van der Waals surface area contributed by atoms with Crippen LogP contribution in [0, 0.1) is 5.82 Å². The summed E-state index contributed by atoms with van der Waals surface area (Å²) < 4.78 is 14.0. The normalized spacial score (nSPS) is 10.7. The molecular weight excluding hydrogens is 255 g/mol. The average Bonchev–Trinajstić information content (AvgIpc) is 2.48. The maximum atomic E-state index is 14.0. The first kappa shape index (κ1) is 12.5. The highest BCUT2D eigenvalue weighted by atomic mass is 19.1. The van der Waals surface area contributed by atoms with Crippen LogP contribution in [-0.4, -0.2) is 22.0 Å². The molecule has 0 saturated heterocycles. The minimum atomic E-state index is -0.309. The first-order valence-corrected chi connectivity index (χ1v) is 6.25. The Kier molecular flexibility index (Phi) is 3.25. The molecule has 2 heterocycles. The SMILES string of the molecule is CN(Cc1cccnc1)c1ncnc2cccc(F)c12. The van der Waals surface area contributed by atoms with Gasteiger partial charge in [0.25, 0.3) is 0 Å². The highest BCUT2D eigenvalue weighted by Crippen LogP contribution is 2.25. The third-order valence-corrected chi connectivity index (χ3v) is 3.10. The van der Waals surface area contributed by atoms with Gasteiger partial charge in [0.05, 0.1) is 10.9 Å². The van der Waals surface area contributed by atoms with Gasteiger partial charge in [0.1, 0.15) is 18.0 Å². The lowest BCUT2D eigenvalue weighted by Gasteiger charge is -2.19. The van der Waals surface area contributed by atoms with Crippen LogP contribution in [0.25, 0.3) is 10.9 Å². The zero-order chi connectivity index (χ0) is 13.9. The summed E-state index contributed by atoms with van der Waals surface area (Å²) in [7, 11) is 1.88. The molecule has 100 valence electrons. The maximum Gasteiger partial charge on any atom is 0.142 e.